The number of aliphatic imine (C=N–C) groups is 1. The Morgan fingerprint density at radius 2 is 1.90 bits per heavy atom. The first kappa shape index (κ1) is 21.1. The van der Waals surface area contributed by atoms with Gasteiger partial charge in [0.1, 0.15) is 22.8 Å². The molecule has 0 aliphatic carbocycles. The minimum atomic E-state index is -0.367. The van der Waals surface area contributed by atoms with Gasteiger partial charge in [0, 0.05) is 49.9 Å². The van der Waals surface area contributed by atoms with Crippen LogP contribution in [0, 0.1) is 5.41 Å². The van der Waals surface area contributed by atoms with Crippen LogP contribution in [0.4, 0.5) is 11.5 Å². The van der Waals surface area contributed by atoms with Crippen LogP contribution in [0.2, 0.25) is 0 Å². The number of methoxy groups -OCH3 is 2. The average Bonchev–Trinajstić information content (AvgIpc) is 2.79. The molecule has 2 aromatic heterocycles. The molecule has 0 saturated heterocycles. The van der Waals surface area contributed by atoms with Gasteiger partial charge in [-0.1, -0.05) is 0 Å². The second-order valence-corrected chi connectivity index (χ2v) is 6.35. The molecule has 9 heteroatoms. The molecule has 156 valence electrons. The molecule has 0 spiro atoms. The second kappa shape index (κ2) is 9.75. The number of rotatable bonds is 9. The van der Waals surface area contributed by atoms with Gasteiger partial charge < -0.3 is 24.9 Å². The van der Waals surface area contributed by atoms with Gasteiger partial charge in [0.05, 0.1) is 38.6 Å². The van der Waals surface area contributed by atoms with E-state index in [1.165, 1.54) is 6.21 Å². The first-order valence-corrected chi connectivity index (χ1v) is 9.31. The molecule has 0 aliphatic rings. The smallest absolute Gasteiger partial charge is 0.180 e. The van der Waals surface area contributed by atoms with Crippen LogP contribution in [-0.2, 0) is 0 Å². The zero-order valence-electron chi connectivity index (χ0n) is 17.1. The van der Waals surface area contributed by atoms with E-state index in [0.717, 1.165) is 5.69 Å². The fourth-order valence-corrected chi connectivity index (χ4v) is 3.00. The minimum absolute atomic E-state index is 0.0756. The molecule has 0 bridgehead atoms. The van der Waals surface area contributed by atoms with E-state index in [2.05, 4.69) is 19.9 Å². The third-order valence-electron chi connectivity index (χ3n) is 4.49. The Bertz CT molecular complexity index is 1030. The highest BCUT2D eigenvalue weighted by Gasteiger charge is 2.16. The predicted octanol–water partition coefficient (Wildman–Crippen LogP) is 2.61. The van der Waals surface area contributed by atoms with Crippen LogP contribution in [0.25, 0.3) is 11.2 Å². The van der Waals surface area contributed by atoms with Crippen molar-refractivity contribution in [3.05, 3.63) is 42.2 Å². The number of hydrogen-bond acceptors (Lipinski definition) is 9. The molecule has 1 unspecified atom stereocenters. The van der Waals surface area contributed by atoms with Crippen LogP contribution < -0.4 is 14.4 Å². The summed E-state index contributed by atoms with van der Waals surface area (Å²) in [5, 5.41) is 17.2. The van der Waals surface area contributed by atoms with E-state index in [1.807, 2.05) is 29.2 Å². The van der Waals surface area contributed by atoms with Crippen LogP contribution in [0.3, 0.4) is 0 Å². The molecular formula is C21H24N6O3. The number of nitrogens with zero attached hydrogens (tertiary/aromatic N) is 5. The Labute approximate surface area is 174 Å². The number of anilines is 2. The summed E-state index contributed by atoms with van der Waals surface area (Å²) in [7, 11) is 4.82. The number of aromatic nitrogens is 3. The third-order valence-corrected chi connectivity index (χ3v) is 4.49. The highest BCUT2D eigenvalue weighted by atomic mass is 16.5. The van der Waals surface area contributed by atoms with E-state index in [4.69, 9.17) is 14.9 Å². The zero-order chi connectivity index (χ0) is 21.5. The van der Waals surface area contributed by atoms with Crippen molar-refractivity contribution in [2.75, 3.05) is 39.3 Å². The minimum Gasteiger partial charge on any atom is -0.497 e. The Morgan fingerprint density at radius 3 is 2.50 bits per heavy atom. The van der Waals surface area contributed by atoms with Gasteiger partial charge in [0.25, 0.3) is 0 Å². The summed E-state index contributed by atoms with van der Waals surface area (Å²) >= 11 is 0. The number of ether oxygens (including phenoxy) is 2. The second-order valence-electron chi connectivity index (χ2n) is 6.35. The lowest BCUT2D eigenvalue weighted by atomic mass is 10.1. The van der Waals surface area contributed by atoms with Crippen molar-refractivity contribution in [3.63, 3.8) is 0 Å². The Balaban J connectivity index is 2.08. The summed E-state index contributed by atoms with van der Waals surface area (Å²) < 4.78 is 10.7. The fourth-order valence-electron chi connectivity index (χ4n) is 3.00. The van der Waals surface area contributed by atoms with E-state index in [0.29, 0.717) is 40.7 Å². The lowest BCUT2D eigenvalue weighted by molar-refractivity contribution is 0.305. The van der Waals surface area contributed by atoms with Crippen molar-refractivity contribution >= 4 is 35.1 Å². The molecule has 30 heavy (non-hydrogen) atoms. The van der Waals surface area contributed by atoms with Gasteiger partial charge in [-0.05, 0) is 12.1 Å². The first-order valence-electron chi connectivity index (χ1n) is 9.31. The zero-order valence-corrected chi connectivity index (χ0v) is 17.1. The van der Waals surface area contributed by atoms with E-state index < -0.39 is 0 Å². The summed E-state index contributed by atoms with van der Waals surface area (Å²) in [5.74, 6) is 1.48. The molecule has 0 radical (unpaired) electrons. The molecule has 3 aromatic rings. The Kier molecular flexibility index (Phi) is 6.87. The Morgan fingerprint density at radius 1 is 1.17 bits per heavy atom. The van der Waals surface area contributed by atoms with Crippen molar-refractivity contribution < 1.29 is 14.6 Å². The molecule has 0 aliphatic heterocycles. The van der Waals surface area contributed by atoms with Crippen LogP contribution in [0.15, 0.2) is 41.5 Å². The topological polar surface area (TPSA) is 117 Å². The number of hydrogen-bond donors (Lipinski definition) is 2. The number of benzene rings is 1. The molecule has 0 amide bonds. The highest BCUT2D eigenvalue weighted by molar-refractivity contribution is 5.88. The van der Waals surface area contributed by atoms with Gasteiger partial charge >= 0.3 is 0 Å². The van der Waals surface area contributed by atoms with Crippen molar-refractivity contribution in [2.45, 2.75) is 5.92 Å². The van der Waals surface area contributed by atoms with Crippen LogP contribution in [-0.4, -0.2) is 66.9 Å². The van der Waals surface area contributed by atoms with Crippen LogP contribution >= 0.6 is 0 Å². The molecule has 3 rings (SSSR count). The maximum atomic E-state index is 9.63. The molecule has 0 fully saturated rings. The average molecular weight is 408 g/mol. The molecule has 1 aromatic carbocycles. The summed E-state index contributed by atoms with van der Waals surface area (Å²) in [4.78, 5) is 19.5. The van der Waals surface area contributed by atoms with Crippen molar-refractivity contribution in [1.29, 1.82) is 5.41 Å². The molecule has 1 atom stereocenters. The van der Waals surface area contributed by atoms with E-state index in [-0.39, 0.29) is 12.5 Å². The number of pyridine rings is 1. The third kappa shape index (κ3) is 4.52. The largest absolute Gasteiger partial charge is 0.497 e. The van der Waals surface area contributed by atoms with Gasteiger partial charge in [-0.3, -0.25) is 9.98 Å². The summed E-state index contributed by atoms with van der Waals surface area (Å²) in [6.45, 7) is 0.237. The molecule has 2 N–H and O–H groups in total. The number of fused-ring (bicyclic) bond motifs is 1. The van der Waals surface area contributed by atoms with E-state index in [9.17, 15) is 5.11 Å². The van der Waals surface area contributed by atoms with Crippen LogP contribution in [0.5, 0.6) is 11.5 Å². The van der Waals surface area contributed by atoms with Crippen molar-refractivity contribution in [1.82, 2.24) is 15.0 Å². The number of nitrogens with one attached hydrogen (secondary N) is 1. The number of aliphatic hydroxyl groups excluding tert-OH is 1. The SMILES string of the molecule is CN=CC(C=N)c1cnc2ccc(N(CCO)c3cc(OC)cc(OC)c3)nc2n1. The lowest BCUT2D eigenvalue weighted by Gasteiger charge is -2.24. The highest BCUT2D eigenvalue weighted by Crippen LogP contribution is 2.32. The summed E-state index contributed by atoms with van der Waals surface area (Å²) in [6.07, 6.45) is 4.51. The maximum Gasteiger partial charge on any atom is 0.180 e. The van der Waals surface area contributed by atoms with E-state index >= 15 is 0 Å². The van der Waals surface area contributed by atoms with Crippen molar-refractivity contribution in [2.24, 2.45) is 4.99 Å². The summed E-state index contributed by atoms with van der Waals surface area (Å²) in [6, 6.07) is 9.10. The van der Waals surface area contributed by atoms with E-state index in [1.54, 1.807) is 39.7 Å². The molecule has 2 heterocycles. The molecule has 9 nitrogen and oxygen atoms in total. The monoisotopic (exact) mass is 408 g/mol. The predicted molar refractivity (Wildman–Crippen MR) is 117 cm³/mol. The fraction of sp³-hybridized carbons (Fsp3) is 0.286. The Hall–Kier alpha value is -3.59. The van der Waals surface area contributed by atoms with Gasteiger partial charge in [-0.2, -0.15) is 0 Å². The molecule has 0 saturated carbocycles. The van der Waals surface area contributed by atoms with Gasteiger partial charge in [-0.15, -0.1) is 0 Å². The van der Waals surface area contributed by atoms with Crippen molar-refractivity contribution in [3.8, 4) is 11.5 Å². The maximum absolute atomic E-state index is 9.63. The first-order chi connectivity index (χ1) is 14.6. The quantitative estimate of drug-likeness (QED) is 0.523. The van der Waals surface area contributed by atoms with Crippen LogP contribution in [0.1, 0.15) is 11.6 Å². The number of aliphatic hydroxyl groups is 1. The normalized spacial score (nSPS) is 12.1. The lowest BCUT2D eigenvalue weighted by Crippen LogP contribution is -2.22. The van der Waals surface area contributed by atoms with Gasteiger partial charge in [0.2, 0.25) is 0 Å². The van der Waals surface area contributed by atoms with Gasteiger partial charge in [0.15, 0.2) is 5.65 Å². The summed E-state index contributed by atoms with van der Waals surface area (Å²) in [5.41, 5.74) is 2.42. The van der Waals surface area contributed by atoms with Gasteiger partial charge in [-0.25, -0.2) is 9.97 Å². The standard InChI is InChI=1S/C21H24N6O3/c1-23-12-14(11-22)19-13-24-18-4-5-20(26-21(18)25-19)27(6-7-28)15-8-16(29-2)10-17(9-15)30-3/h4-5,8-14,22,28H,6-7H2,1-3H3. The molecular weight excluding hydrogens is 384 g/mol.